The quantitative estimate of drug-likeness (QED) is 0.885. The lowest BCUT2D eigenvalue weighted by atomic mass is 10.0. The molecule has 1 aromatic carbocycles. The van der Waals surface area contributed by atoms with Gasteiger partial charge in [-0.15, -0.1) is 0 Å². The monoisotopic (exact) mass is 339 g/mol. The van der Waals surface area contributed by atoms with Gasteiger partial charge in [0.2, 0.25) is 5.91 Å². The number of nitrogens with one attached hydrogen (secondary N) is 2. The van der Waals surface area contributed by atoms with E-state index < -0.39 is 0 Å². The van der Waals surface area contributed by atoms with Crippen molar-refractivity contribution in [2.24, 2.45) is 0 Å². The maximum Gasteiger partial charge on any atom is 0.239 e. The van der Waals surface area contributed by atoms with Crippen LogP contribution in [-0.2, 0) is 4.79 Å². The van der Waals surface area contributed by atoms with E-state index in [9.17, 15) is 4.79 Å². The van der Waals surface area contributed by atoms with Gasteiger partial charge in [-0.3, -0.25) is 4.79 Å². The summed E-state index contributed by atoms with van der Waals surface area (Å²) < 4.78 is 1.05. The average molecular weight is 340 g/mol. The molecule has 0 saturated carbocycles. The summed E-state index contributed by atoms with van der Waals surface area (Å²) in [5.74, 6) is 0.101. The summed E-state index contributed by atoms with van der Waals surface area (Å²) >= 11 is 3.54. The lowest BCUT2D eigenvalue weighted by Crippen LogP contribution is -2.34. The summed E-state index contributed by atoms with van der Waals surface area (Å²) in [5, 5.41) is 6.37. The van der Waals surface area contributed by atoms with Gasteiger partial charge in [-0.1, -0.05) is 28.9 Å². The van der Waals surface area contributed by atoms with E-state index in [1.807, 2.05) is 0 Å². The van der Waals surface area contributed by atoms with Crippen molar-refractivity contribution in [1.82, 2.24) is 10.6 Å². The maximum atomic E-state index is 11.8. The second-order valence-electron chi connectivity index (χ2n) is 5.11. The highest BCUT2D eigenvalue weighted by atomic mass is 79.9. The van der Waals surface area contributed by atoms with Gasteiger partial charge in [-0.2, -0.15) is 0 Å². The van der Waals surface area contributed by atoms with E-state index in [0.29, 0.717) is 6.54 Å². The number of amides is 1. The van der Waals surface area contributed by atoms with Crippen LogP contribution in [-0.4, -0.2) is 32.1 Å². The minimum atomic E-state index is 0.101. The number of nitrogens with zero attached hydrogens (tertiary/aromatic N) is 1. The molecule has 5 heteroatoms. The predicted molar refractivity (Wildman–Crippen MR) is 86.1 cm³/mol. The molecule has 20 heavy (non-hydrogen) atoms. The first-order valence-electron chi connectivity index (χ1n) is 7.16. The van der Waals surface area contributed by atoms with Crippen molar-refractivity contribution in [3.63, 3.8) is 0 Å². The number of hydrogen-bond acceptors (Lipinski definition) is 3. The SMILES string of the molecule is CCNC(C)c1ccc(Br)cc1N1CCCNC(=O)C1. The molecule has 1 fully saturated rings. The number of carbonyl (C=O) groups excluding carboxylic acids is 1. The lowest BCUT2D eigenvalue weighted by molar-refractivity contribution is -0.119. The van der Waals surface area contributed by atoms with Crippen molar-refractivity contribution in [1.29, 1.82) is 0 Å². The molecule has 1 amide bonds. The Morgan fingerprint density at radius 1 is 1.50 bits per heavy atom. The molecule has 4 nitrogen and oxygen atoms in total. The number of benzene rings is 1. The third-order valence-corrected chi connectivity index (χ3v) is 4.06. The van der Waals surface area contributed by atoms with Gasteiger partial charge < -0.3 is 15.5 Å². The zero-order chi connectivity index (χ0) is 14.5. The molecule has 1 aliphatic rings. The van der Waals surface area contributed by atoms with Crippen molar-refractivity contribution < 1.29 is 4.79 Å². The smallest absolute Gasteiger partial charge is 0.239 e. The zero-order valence-electron chi connectivity index (χ0n) is 12.1. The van der Waals surface area contributed by atoms with Gasteiger partial charge in [-0.25, -0.2) is 0 Å². The molecule has 1 atom stereocenters. The Morgan fingerprint density at radius 3 is 3.05 bits per heavy atom. The fourth-order valence-corrected chi connectivity index (χ4v) is 2.93. The molecule has 0 bridgehead atoms. The highest BCUT2D eigenvalue weighted by Crippen LogP contribution is 2.30. The molecule has 0 radical (unpaired) electrons. The fraction of sp³-hybridized carbons (Fsp3) is 0.533. The van der Waals surface area contributed by atoms with Crippen LogP contribution < -0.4 is 15.5 Å². The highest BCUT2D eigenvalue weighted by molar-refractivity contribution is 9.10. The van der Waals surface area contributed by atoms with E-state index in [1.54, 1.807) is 0 Å². The van der Waals surface area contributed by atoms with Crippen LogP contribution in [0, 0.1) is 0 Å². The molecule has 1 aliphatic heterocycles. The van der Waals surface area contributed by atoms with E-state index in [-0.39, 0.29) is 11.9 Å². The van der Waals surface area contributed by atoms with Crippen LogP contribution in [0.4, 0.5) is 5.69 Å². The van der Waals surface area contributed by atoms with Crippen LogP contribution >= 0.6 is 15.9 Å². The number of hydrogen-bond donors (Lipinski definition) is 2. The molecule has 1 aromatic rings. The lowest BCUT2D eigenvalue weighted by Gasteiger charge is -2.27. The van der Waals surface area contributed by atoms with E-state index >= 15 is 0 Å². The van der Waals surface area contributed by atoms with E-state index in [0.717, 1.165) is 36.2 Å². The minimum Gasteiger partial charge on any atom is -0.362 e. The first kappa shape index (κ1) is 15.3. The molecular weight excluding hydrogens is 318 g/mol. The molecule has 0 spiro atoms. The average Bonchev–Trinajstić information content (AvgIpc) is 2.63. The third-order valence-electron chi connectivity index (χ3n) is 3.57. The minimum absolute atomic E-state index is 0.101. The Labute approximate surface area is 129 Å². The molecule has 1 heterocycles. The molecule has 2 N–H and O–H groups in total. The largest absolute Gasteiger partial charge is 0.362 e. The second-order valence-corrected chi connectivity index (χ2v) is 6.02. The van der Waals surface area contributed by atoms with Gasteiger partial charge in [0.15, 0.2) is 0 Å². The van der Waals surface area contributed by atoms with Gasteiger partial charge in [0, 0.05) is 29.3 Å². The molecule has 1 unspecified atom stereocenters. The standard InChI is InChI=1S/C15H22BrN3O/c1-3-17-11(2)13-6-5-12(16)9-14(13)19-8-4-7-18-15(20)10-19/h5-6,9,11,17H,3-4,7-8,10H2,1-2H3,(H,18,20). The Bertz CT molecular complexity index is 478. The van der Waals surface area contributed by atoms with Crippen LogP contribution in [0.2, 0.25) is 0 Å². The zero-order valence-corrected chi connectivity index (χ0v) is 13.7. The van der Waals surface area contributed by atoms with Gasteiger partial charge >= 0.3 is 0 Å². The number of anilines is 1. The first-order chi connectivity index (χ1) is 9.61. The summed E-state index contributed by atoms with van der Waals surface area (Å²) in [7, 11) is 0. The number of rotatable bonds is 4. The van der Waals surface area contributed by atoms with Gasteiger partial charge in [0.05, 0.1) is 6.54 Å². The van der Waals surface area contributed by atoms with E-state index in [2.05, 4.69) is 63.5 Å². The van der Waals surface area contributed by atoms with Crippen LogP contribution in [0.1, 0.15) is 31.9 Å². The molecule has 2 rings (SSSR count). The van der Waals surface area contributed by atoms with Crippen molar-refractivity contribution in [2.45, 2.75) is 26.3 Å². The third kappa shape index (κ3) is 3.73. The topological polar surface area (TPSA) is 44.4 Å². The molecule has 0 aromatic heterocycles. The summed E-state index contributed by atoms with van der Waals surface area (Å²) in [6.07, 6.45) is 0.979. The summed E-state index contributed by atoms with van der Waals surface area (Å²) in [6.45, 7) is 7.30. The van der Waals surface area contributed by atoms with Crippen molar-refractivity contribution in [2.75, 3.05) is 31.1 Å². The molecular formula is C15H22BrN3O. The van der Waals surface area contributed by atoms with Crippen LogP contribution in [0.5, 0.6) is 0 Å². The predicted octanol–water partition coefficient (Wildman–Crippen LogP) is 2.45. The van der Waals surface area contributed by atoms with Gasteiger partial charge in [0.1, 0.15) is 0 Å². The van der Waals surface area contributed by atoms with Gasteiger partial charge in [0.25, 0.3) is 0 Å². The maximum absolute atomic E-state index is 11.8. The van der Waals surface area contributed by atoms with Crippen LogP contribution in [0.25, 0.3) is 0 Å². The Morgan fingerprint density at radius 2 is 2.30 bits per heavy atom. The first-order valence-corrected chi connectivity index (χ1v) is 7.95. The fourth-order valence-electron chi connectivity index (χ4n) is 2.58. The van der Waals surface area contributed by atoms with Crippen LogP contribution in [0.3, 0.4) is 0 Å². The number of carbonyl (C=O) groups is 1. The number of halogens is 1. The molecule has 1 saturated heterocycles. The molecule has 0 aliphatic carbocycles. The summed E-state index contributed by atoms with van der Waals surface area (Å²) in [5.41, 5.74) is 2.38. The summed E-state index contributed by atoms with van der Waals surface area (Å²) in [6, 6.07) is 6.58. The van der Waals surface area contributed by atoms with Gasteiger partial charge in [-0.05, 0) is 37.6 Å². The Hall–Kier alpha value is -1.07. The Balaban J connectivity index is 2.32. The summed E-state index contributed by atoms with van der Waals surface area (Å²) in [4.78, 5) is 14.0. The Kier molecular flexibility index (Phi) is 5.43. The van der Waals surface area contributed by atoms with E-state index in [4.69, 9.17) is 0 Å². The highest BCUT2D eigenvalue weighted by Gasteiger charge is 2.20. The van der Waals surface area contributed by atoms with E-state index in [1.165, 1.54) is 5.56 Å². The van der Waals surface area contributed by atoms with Crippen LogP contribution in [0.15, 0.2) is 22.7 Å². The normalized spacial score (nSPS) is 17.6. The second kappa shape index (κ2) is 7.09. The van der Waals surface area contributed by atoms with Crippen molar-refractivity contribution >= 4 is 27.5 Å². The van der Waals surface area contributed by atoms with Crippen molar-refractivity contribution in [3.8, 4) is 0 Å². The van der Waals surface area contributed by atoms with Crippen molar-refractivity contribution in [3.05, 3.63) is 28.2 Å². The molecule has 110 valence electrons.